The molecule has 9 nitrogen and oxygen atoms in total. The van der Waals surface area contributed by atoms with E-state index in [4.69, 9.17) is 9.47 Å². The fourth-order valence-corrected chi connectivity index (χ4v) is 3.43. The van der Waals surface area contributed by atoms with Crippen molar-refractivity contribution in [2.75, 3.05) is 24.3 Å². The average Bonchev–Trinajstić information content (AvgIpc) is 3.21. The van der Waals surface area contributed by atoms with Crippen LogP contribution >= 0.6 is 11.8 Å². The summed E-state index contributed by atoms with van der Waals surface area (Å²) in [5.41, 5.74) is 1.81. The third kappa shape index (κ3) is 4.37. The van der Waals surface area contributed by atoms with Crippen molar-refractivity contribution >= 4 is 29.1 Å². The van der Waals surface area contributed by atoms with E-state index in [9.17, 15) is 9.59 Å². The number of ether oxygens (including phenoxy) is 2. The molecule has 0 spiro atoms. The molecule has 1 aliphatic heterocycles. The van der Waals surface area contributed by atoms with Crippen LogP contribution in [0.4, 0.5) is 5.69 Å². The summed E-state index contributed by atoms with van der Waals surface area (Å²) in [5, 5.41) is 14.9. The van der Waals surface area contributed by atoms with Crippen LogP contribution in [0.25, 0.3) is 5.69 Å². The van der Waals surface area contributed by atoms with Crippen molar-refractivity contribution in [2.45, 2.75) is 12.1 Å². The van der Waals surface area contributed by atoms with Gasteiger partial charge in [0.05, 0.1) is 11.4 Å². The summed E-state index contributed by atoms with van der Waals surface area (Å²) in [6.07, 6.45) is 0. The highest BCUT2D eigenvalue weighted by molar-refractivity contribution is 7.99. The molecule has 0 fully saturated rings. The van der Waals surface area contributed by atoms with Crippen molar-refractivity contribution in [2.24, 2.45) is 0 Å². The SMILES string of the molecule is CC(=O)c1cccc(NC(=O)CSc2nnnn2-c2ccc3c(c2)OCCO3)c1. The molecular formula is C19H17N5O4S. The summed E-state index contributed by atoms with van der Waals surface area (Å²) in [5.74, 6) is 1.12. The van der Waals surface area contributed by atoms with Gasteiger partial charge >= 0.3 is 0 Å². The van der Waals surface area contributed by atoms with Gasteiger partial charge in [-0.15, -0.1) is 5.10 Å². The number of ketones is 1. The molecule has 0 bridgehead atoms. The molecule has 2 aromatic carbocycles. The summed E-state index contributed by atoms with van der Waals surface area (Å²) >= 11 is 1.20. The van der Waals surface area contributed by atoms with Gasteiger partial charge in [-0.2, -0.15) is 4.68 Å². The lowest BCUT2D eigenvalue weighted by molar-refractivity contribution is -0.113. The minimum Gasteiger partial charge on any atom is -0.486 e. The van der Waals surface area contributed by atoms with Gasteiger partial charge in [0, 0.05) is 17.3 Å². The van der Waals surface area contributed by atoms with Crippen LogP contribution in [-0.2, 0) is 4.79 Å². The number of carbonyl (C=O) groups excluding carboxylic acids is 2. The number of Topliss-reactive ketones (excluding diaryl/α,β-unsaturated/α-hetero) is 1. The smallest absolute Gasteiger partial charge is 0.234 e. The lowest BCUT2D eigenvalue weighted by Gasteiger charge is -2.18. The second-order valence-electron chi connectivity index (χ2n) is 6.18. The quantitative estimate of drug-likeness (QED) is 0.486. The highest BCUT2D eigenvalue weighted by Crippen LogP contribution is 2.32. The Labute approximate surface area is 170 Å². The first-order chi connectivity index (χ1) is 14.1. The number of carbonyl (C=O) groups is 2. The number of tetrazole rings is 1. The topological polar surface area (TPSA) is 108 Å². The van der Waals surface area contributed by atoms with E-state index >= 15 is 0 Å². The summed E-state index contributed by atoms with van der Waals surface area (Å²) in [4.78, 5) is 23.8. The molecule has 0 radical (unpaired) electrons. The Hall–Kier alpha value is -3.40. The summed E-state index contributed by atoms with van der Waals surface area (Å²) < 4.78 is 12.6. The second kappa shape index (κ2) is 8.31. The van der Waals surface area contributed by atoms with Gasteiger partial charge in [0.15, 0.2) is 17.3 Å². The Kier molecular flexibility index (Phi) is 5.43. The van der Waals surface area contributed by atoms with Gasteiger partial charge in [-0.25, -0.2) is 0 Å². The van der Waals surface area contributed by atoms with Crippen LogP contribution < -0.4 is 14.8 Å². The Bertz CT molecular complexity index is 1070. The maximum atomic E-state index is 12.3. The number of hydrogen-bond acceptors (Lipinski definition) is 8. The number of fused-ring (bicyclic) bond motifs is 1. The highest BCUT2D eigenvalue weighted by atomic mass is 32.2. The van der Waals surface area contributed by atoms with E-state index < -0.39 is 0 Å². The van der Waals surface area contributed by atoms with Crippen molar-refractivity contribution in [3.8, 4) is 17.2 Å². The fraction of sp³-hybridized carbons (Fsp3) is 0.211. The number of aromatic nitrogens is 4. The van der Waals surface area contributed by atoms with E-state index in [-0.39, 0.29) is 17.4 Å². The van der Waals surface area contributed by atoms with Crippen LogP contribution in [0.5, 0.6) is 11.5 Å². The molecule has 4 rings (SSSR count). The van der Waals surface area contributed by atoms with Crippen molar-refractivity contribution in [1.29, 1.82) is 0 Å². The number of hydrogen-bond donors (Lipinski definition) is 1. The first-order valence-corrected chi connectivity index (χ1v) is 9.81. The van der Waals surface area contributed by atoms with Gasteiger partial charge in [0.2, 0.25) is 11.1 Å². The summed E-state index contributed by atoms with van der Waals surface area (Å²) in [6, 6.07) is 12.2. The molecule has 3 aromatic rings. The van der Waals surface area contributed by atoms with Gasteiger partial charge in [0.1, 0.15) is 13.2 Å². The molecule has 0 unspecified atom stereocenters. The number of nitrogens with zero attached hydrogens (tertiary/aromatic N) is 4. The van der Waals surface area contributed by atoms with Gasteiger partial charge in [0.25, 0.3) is 0 Å². The molecule has 0 saturated heterocycles. The normalized spacial score (nSPS) is 12.4. The lowest BCUT2D eigenvalue weighted by atomic mass is 10.1. The number of benzene rings is 2. The maximum Gasteiger partial charge on any atom is 0.234 e. The third-order valence-corrected chi connectivity index (χ3v) is 5.02. The Morgan fingerprint density at radius 3 is 2.79 bits per heavy atom. The van der Waals surface area contributed by atoms with Gasteiger partial charge in [-0.1, -0.05) is 23.9 Å². The molecule has 1 N–H and O–H groups in total. The zero-order valence-electron chi connectivity index (χ0n) is 15.5. The number of amides is 1. The molecule has 29 heavy (non-hydrogen) atoms. The number of rotatable bonds is 6. The molecule has 10 heteroatoms. The van der Waals surface area contributed by atoms with Crippen LogP contribution in [0.15, 0.2) is 47.6 Å². The Morgan fingerprint density at radius 1 is 1.14 bits per heavy atom. The van der Waals surface area contributed by atoms with Crippen LogP contribution in [0, 0.1) is 0 Å². The first-order valence-electron chi connectivity index (χ1n) is 8.82. The molecule has 2 heterocycles. The summed E-state index contributed by atoms with van der Waals surface area (Å²) in [6.45, 7) is 2.48. The van der Waals surface area contributed by atoms with E-state index in [1.54, 1.807) is 36.4 Å². The standard InChI is InChI=1S/C19H17N5O4S/c1-12(25)13-3-2-4-14(9-13)20-18(26)11-29-19-21-22-23-24(19)15-5-6-16-17(10-15)28-8-7-27-16/h2-6,9-10H,7-8,11H2,1H3,(H,20,26). The Balaban J connectivity index is 1.42. The molecular weight excluding hydrogens is 394 g/mol. The average molecular weight is 411 g/mol. The van der Waals surface area contributed by atoms with E-state index in [1.165, 1.54) is 23.4 Å². The molecule has 0 saturated carbocycles. The fourth-order valence-electron chi connectivity index (χ4n) is 2.74. The molecule has 148 valence electrons. The minimum atomic E-state index is -0.229. The number of thioether (sulfide) groups is 1. The third-order valence-electron chi connectivity index (χ3n) is 4.10. The van der Waals surface area contributed by atoms with Crippen molar-refractivity contribution < 1.29 is 19.1 Å². The monoisotopic (exact) mass is 411 g/mol. The van der Waals surface area contributed by atoms with Gasteiger partial charge < -0.3 is 14.8 Å². The first kappa shape index (κ1) is 18.9. The predicted molar refractivity (Wildman–Crippen MR) is 106 cm³/mol. The molecule has 1 aromatic heterocycles. The predicted octanol–water partition coefficient (Wildman–Crippen LogP) is 2.37. The van der Waals surface area contributed by atoms with Crippen LogP contribution in [0.3, 0.4) is 0 Å². The van der Waals surface area contributed by atoms with Gasteiger partial charge in [-0.05, 0) is 41.6 Å². The molecule has 0 atom stereocenters. The molecule has 1 amide bonds. The zero-order chi connectivity index (χ0) is 20.2. The van der Waals surface area contributed by atoms with Crippen LogP contribution in [0.2, 0.25) is 0 Å². The molecule has 0 aliphatic carbocycles. The zero-order valence-corrected chi connectivity index (χ0v) is 16.3. The second-order valence-corrected chi connectivity index (χ2v) is 7.12. The largest absolute Gasteiger partial charge is 0.486 e. The van der Waals surface area contributed by atoms with Crippen molar-refractivity contribution in [3.63, 3.8) is 0 Å². The maximum absolute atomic E-state index is 12.3. The Morgan fingerprint density at radius 2 is 1.97 bits per heavy atom. The minimum absolute atomic E-state index is 0.0610. The molecule has 1 aliphatic rings. The van der Waals surface area contributed by atoms with E-state index in [0.717, 1.165) is 0 Å². The van der Waals surface area contributed by atoms with E-state index in [0.29, 0.717) is 46.8 Å². The highest BCUT2D eigenvalue weighted by Gasteiger charge is 2.16. The number of anilines is 1. The summed E-state index contributed by atoms with van der Waals surface area (Å²) in [7, 11) is 0. The number of nitrogens with one attached hydrogen (secondary N) is 1. The van der Waals surface area contributed by atoms with Crippen molar-refractivity contribution in [1.82, 2.24) is 20.2 Å². The van der Waals surface area contributed by atoms with Crippen molar-refractivity contribution in [3.05, 3.63) is 48.0 Å². The lowest BCUT2D eigenvalue weighted by Crippen LogP contribution is -2.16. The van der Waals surface area contributed by atoms with Crippen LogP contribution in [0.1, 0.15) is 17.3 Å². The van der Waals surface area contributed by atoms with Gasteiger partial charge in [-0.3, -0.25) is 9.59 Å². The van der Waals surface area contributed by atoms with E-state index in [2.05, 4.69) is 20.8 Å². The van der Waals surface area contributed by atoms with E-state index in [1.807, 2.05) is 6.07 Å². The van der Waals surface area contributed by atoms with Crippen LogP contribution in [-0.4, -0.2) is 50.9 Å².